The zero-order chi connectivity index (χ0) is 18.0. The van der Waals surface area contributed by atoms with Gasteiger partial charge in [0, 0.05) is 24.8 Å². The summed E-state index contributed by atoms with van der Waals surface area (Å²) in [6, 6.07) is 8.92. The Morgan fingerprint density at radius 2 is 1.96 bits per heavy atom. The molecule has 0 aliphatic carbocycles. The molecule has 1 rings (SSSR count). The van der Waals surface area contributed by atoms with Crippen molar-refractivity contribution in [3.63, 3.8) is 0 Å². The second-order valence-electron chi connectivity index (χ2n) is 6.08. The van der Waals surface area contributed by atoms with Gasteiger partial charge in [-0.1, -0.05) is 30.3 Å². The summed E-state index contributed by atoms with van der Waals surface area (Å²) in [7, 11) is 0. The molecule has 0 fully saturated rings. The standard InChI is InChI=1S/C17H26N2O4S/c1-17(23,12-24-2)11-18-16(22)19-14(8-9-15(20)21)10-13-6-4-3-5-7-13/h3-7,14,23H,8-12H2,1-2H3,(H,20,21)(H2,18,19,22). The van der Waals surface area contributed by atoms with Gasteiger partial charge in [-0.3, -0.25) is 4.79 Å². The van der Waals surface area contributed by atoms with Crippen LogP contribution in [0.25, 0.3) is 0 Å². The predicted octanol–water partition coefficient (Wildman–Crippen LogP) is 1.88. The maximum Gasteiger partial charge on any atom is 0.315 e. The Labute approximate surface area is 147 Å². The Balaban J connectivity index is 2.56. The summed E-state index contributed by atoms with van der Waals surface area (Å²) in [5.74, 6) is -0.377. The molecule has 1 aromatic carbocycles. The van der Waals surface area contributed by atoms with E-state index in [1.807, 2.05) is 36.6 Å². The Kier molecular flexibility index (Phi) is 8.63. The van der Waals surface area contributed by atoms with Crippen LogP contribution in [0, 0.1) is 0 Å². The molecule has 24 heavy (non-hydrogen) atoms. The third-order valence-corrected chi connectivity index (χ3v) is 4.36. The SMILES string of the molecule is CSCC(C)(O)CNC(=O)NC(CCC(=O)O)Cc1ccccc1. The molecule has 2 atom stereocenters. The molecule has 6 nitrogen and oxygen atoms in total. The maximum atomic E-state index is 12.1. The predicted molar refractivity (Wildman–Crippen MR) is 96.3 cm³/mol. The van der Waals surface area contributed by atoms with Crippen molar-refractivity contribution >= 4 is 23.8 Å². The first kappa shape index (κ1) is 20.3. The number of amides is 2. The van der Waals surface area contributed by atoms with Crippen LogP contribution in [0.3, 0.4) is 0 Å². The van der Waals surface area contributed by atoms with Crippen LogP contribution in [0.15, 0.2) is 30.3 Å². The molecule has 2 unspecified atom stereocenters. The molecule has 0 aliphatic heterocycles. The molecule has 0 radical (unpaired) electrons. The highest BCUT2D eigenvalue weighted by Crippen LogP contribution is 2.10. The third kappa shape index (κ3) is 8.79. The number of carbonyl (C=O) groups is 2. The van der Waals surface area contributed by atoms with Crippen LogP contribution in [-0.4, -0.2) is 52.4 Å². The third-order valence-electron chi connectivity index (χ3n) is 3.45. The zero-order valence-corrected chi connectivity index (χ0v) is 14.9. The van der Waals surface area contributed by atoms with E-state index in [1.165, 1.54) is 11.8 Å². The number of carbonyl (C=O) groups excluding carboxylic acids is 1. The van der Waals surface area contributed by atoms with Crippen molar-refractivity contribution in [3.8, 4) is 0 Å². The second kappa shape index (κ2) is 10.2. The Morgan fingerprint density at radius 3 is 2.54 bits per heavy atom. The van der Waals surface area contributed by atoms with Crippen LogP contribution >= 0.6 is 11.8 Å². The van der Waals surface area contributed by atoms with Gasteiger partial charge < -0.3 is 20.8 Å². The second-order valence-corrected chi connectivity index (χ2v) is 6.94. The van der Waals surface area contributed by atoms with Gasteiger partial charge in [-0.25, -0.2) is 4.79 Å². The Morgan fingerprint density at radius 1 is 1.29 bits per heavy atom. The first-order chi connectivity index (χ1) is 11.3. The van der Waals surface area contributed by atoms with Crippen molar-refractivity contribution in [2.45, 2.75) is 37.8 Å². The molecule has 134 valence electrons. The van der Waals surface area contributed by atoms with E-state index < -0.39 is 17.6 Å². The highest BCUT2D eigenvalue weighted by atomic mass is 32.2. The van der Waals surface area contributed by atoms with E-state index in [9.17, 15) is 14.7 Å². The van der Waals surface area contributed by atoms with Crippen molar-refractivity contribution in [3.05, 3.63) is 35.9 Å². The smallest absolute Gasteiger partial charge is 0.315 e. The lowest BCUT2D eigenvalue weighted by Gasteiger charge is -2.24. The number of rotatable bonds is 10. The largest absolute Gasteiger partial charge is 0.481 e. The molecule has 1 aromatic rings. The highest BCUT2D eigenvalue weighted by molar-refractivity contribution is 7.98. The van der Waals surface area contributed by atoms with Crippen molar-refractivity contribution in [2.24, 2.45) is 0 Å². The van der Waals surface area contributed by atoms with Crippen molar-refractivity contribution in [2.75, 3.05) is 18.6 Å². The van der Waals surface area contributed by atoms with Crippen molar-refractivity contribution in [1.82, 2.24) is 10.6 Å². The summed E-state index contributed by atoms with van der Waals surface area (Å²) in [6.07, 6.45) is 2.78. The Hall–Kier alpha value is -1.73. The monoisotopic (exact) mass is 354 g/mol. The lowest BCUT2D eigenvalue weighted by Crippen LogP contribution is -2.49. The van der Waals surface area contributed by atoms with Crippen LogP contribution in [0.1, 0.15) is 25.3 Å². The molecule has 0 heterocycles. The number of thioether (sulfide) groups is 1. The molecule has 0 bridgehead atoms. The molecular weight excluding hydrogens is 328 g/mol. The summed E-state index contributed by atoms with van der Waals surface area (Å²) < 4.78 is 0. The van der Waals surface area contributed by atoms with E-state index in [0.29, 0.717) is 18.6 Å². The minimum absolute atomic E-state index is 0.0119. The number of carboxylic acids is 1. The van der Waals surface area contributed by atoms with E-state index in [1.54, 1.807) is 6.92 Å². The van der Waals surface area contributed by atoms with Crippen LogP contribution in [0.5, 0.6) is 0 Å². The normalized spacial score (nSPS) is 14.5. The topological polar surface area (TPSA) is 98.7 Å². The van der Waals surface area contributed by atoms with Gasteiger partial charge in [0.2, 0.25) is 0 Å². The molecule has 0 spiro atoms. The van der Waals surface area contributed by atoms with Gasteiger partial charge in [0.05, 0.1) is 5.60 Å². The van der Waals surface area contributed by atoms with E-state index in [0.717, 1.165) is 5.56 Å². The molecule has 0 saturated carbocycles. The summed E-state index contributed by atoms with van der Waals surface area (Å²) >= 11 is 1.50. The number of benzene rings is 1. The average Bonchev–Trinajstić information content (AvgIpc) is 2.52. The number of aliphatic carboxylic acids is 1. The lowest BCUT2D eigenvalue weighted by atomic mass is 10.0. The lowest BCUT2D eigenvalue weighted by molar-refractivity contribution is -0.137. The van der Waals surface area contributed by atoms with Gasteiger partial charge in [0.1, 0.15) is 0 Å². The number of hydrogen-bond donors (Lipinski definition) is 4. The van der Waals surface area contributed by atoms with E-state index >= 15 is 0 Å². The van der Waals surface area contributed by atoms with Gasteiger partial charge in [0.25, 0.3) is 0 Å². The summed E-state index contributed by atoms with van der Waals surface area (Å²) in [4.78, 5) is 22.9. The van der Waals surface area contributed by atoms with Crippen LogP contribution in [0.4, 0.5) is 4.79 Å². The Bertz CT molecular complexity index is 523. The number of nitrogens with one attached hydrogen (secondary N) is 2. The van der Waals surface area contributed by atoms with Crippen LogP contribution < -0.4 is 10.6 Å². The van der Waals surface area contributed by atoms with E-state index in [4.69, 9.17) is 5.11 Å². The van der Waals surface area contributed by atoms with Crippen LogP contribution in [0.2, 0.25) is 0 Å². The fourth-order valence-electron chi connectivity index (χ4n) is 2.29. The molecule has 0 aromatic heterocycles. The van der Waals surface area contributed by atoms with Gasteiger partial charge in [-0.15, -0.1) is 0 Å². The summed E-state index contributed by atoms with van der Waals surface area (Å²) in [5.41, 5.74) is 0.0507. The maximum absolute atomic E-state index is 12.1. The summed E-state index contributed by atoms with van der Waals surface area (Å²) in [5, 5.41) is 24.4. The number of carboxylic acid groups (broad SMARTS) is 1. The number of hydrogen-bond acceptors (Lipinski definition) is 4. The molecular formula is C17H26N2O4S. The van der Waals surface area contributed by atoms with Crippen molar-refractivity contribution in [1.29, 1.82) is 0 Å². The quantitative estimate of drug-likeness (QED) is 0.514. The van der Waals surface area contributed by atoms with Gasteiger partial charge in [-0.2, -0.15) is 11.8 Å². The first-order valence-corrected chi connectivity index (χ1v) is 9.23. The highest BCUT2D eigenvalue weighted by Gasteiger charge is 2.21. The molecule has 0 saturated heterocycles. The van der Waals surface area contributed by atoms with Gasteiger partial charge in [0.15, 0.2) is 0 Å². The van der Waals surface area contributed by atoms with Gasteiger partial charge in [-0.05, 0) is 31.6 Å². The zero-order valence-electron chi connectivity index (χ0n) is 14.1. The average molecular weight is 354 g/mol. The van der Waals surface area contributed by atoms with E-state index in [2.05, 4.69) is 10.6 Å². The van der Waals surface area contributed by atoms with Crippen LogP contribution in [-0.2, 0) is 11.2 Å². The summed E-state index contributed by atoms with van der Waals surface area (Å²) in [6.45, 7) is 1.80. The molecule has 7 heteroatoms. The number of urea groups is 1. The fraction of sp³-hybridized carbons (Fsp3) is 0.529. The van der Waals surface area contributed by atoms with Gasteiger partial charge >= 0.3 is 12.0 Å². The number of aliphatic hydroxyl groups is 1. The molecule has 4 N–H and O–H groups in total. The minimum Gasteiger partial charge on any atom is -0.481 e. The fourth-order valence-corrected chi connectivity index (χ4v) is 3.01. The first-order valence-electron chi connectivity index (χ1n) is 7.84. The van der Waals surface area contributed by atoms with Crippen molar-refractivity contribution < 1.29 is 19.8 Å². The minimum atomic E-state index is -0.979. The molecule has 2 amide bonds. The van der Waals surface area contributed by atoms with E-state index in [-0.39, 0.29) is 19.0 Å². The molecule has 0 aliphatic rings.